The van der Waals surface area contributed by atoms with Crippen molar-refractivity contribution < 1.29 is 4.79 Å². The molecule has 0 saturated carbocycles. The molecular formula is C13H15NO. The topological polar surface area (TPSA) is 22.0 Å². The molecule has 0 aromatic carbocycles. The largest absolute Gasteiger partial charge is 0.335 e. The summed E-state index contributed by atoms with van der Waals surface area (Å²) in [5, 5.41) is 0. The third-order valence-corrected chi connectivity index (χ3v) is 3.07. The minimum absolute atomic E-state index is 0.253. The summed E-state index contributed by atoms with van der Waals surface area (Å²) in [6.45, 7) is 3.98. The van der Waals surface area contributed by atoms with Crippen LogP contribution in [-0.4, -0.2) is 10.4 Å². The van der Waals surface area contributed by atoms with Gasteiger partial charge in [-0.3, -0.25) is 4.79 Å². The van der Waals surface area contributed by atoms with E-state index in [4.69, 9.17) is 6.42 Å². The molecule has 0 fully saturated rings. The highest BCUT2D eigenvalue weighted by Crippen LogP contribution is 2.27. The number of ketones is 1. The van der Waals surface area contributed by atoms with Gasteiger partial charge < -0.3 is 4.57 Å². The molecular weight excluding hydrogens is 186 g/mol. The van der Waals surface area contributed by atoms with Gasteiger partial charge in [0.05, 0.1) is 5.54 Å². The lowest BCUT2D eigenvalue weighted by atomic mass is 9.95. The van der Waals surface area contributed by atoms with E-state index < -0.39 is 0 Å². The van der Waals surface area contributed by atoms with Gasteiger partial charge in [0.2, 0.25) is 0 Å². The third-order valence-electron chi connectivity index (χ3n) is 3.07. The van der Waals surface area contributed by atoms with Gasteiger partial charge in [-0.25, -0.2) is 0 Å². The maximum Gasteiger partial charge on any atom is 0.164 e. The Hall–Kier alpha value is -1.49. The normalized spacial score (nSPS) is 15.9. The molecule has 0 unspecified atom stereocenters. The Kier molecular flexibility index (Phi) is 2.19. The second-order valence-corrected chi connectivity index (χ2v) is 4.53. The molecule has 0 spiro atoms. The molecule has 0 bridgehead atoms. The first-order chi connectivity index (χ1) is 7.06. The number of nitrogens with zero attached hydrogens (tertiary/aromatic N) is 1. The molecule has 0 N–H and O–H groups in total. The minimum Gasteiger partial charge on any atom is -0.335 e. The van der Waals surface area contributed by atoms with Crippen LogP contribution in [0.2, 0.25) is 0 Å². The number of aromatic nitrogens is 1. The lowest BCUT2D eigenvalue weighted by Crippen LogP contribution is -2.27. The molecule has 15 heavy (non-hydrogen) atoms. The molecule has 1 aliphatic carbocycles. The van der Waals surface area contributed by atoms with Crippen LogP contribution in [0.1, 0.15) is 42.7 Å². The van der Waals surface area contributed by atoms with Gasteiger partial charge in [0.1, 0.15) is 0 Å². The Morgan fingerprint density at radius 1 is 1.47 bits per heavy atom. The van der Waals surface area contributed by atoms with Crippen LogP contribution in [0.5, 0.6) is 0 Å². The number of rotatable bonds is 1. The Morgan fingerprint density at radius 2 is 2.20 bits per heavy atom. The maximum atomic E-state index is 11.6. The summed E-state index contributed by atoms with van der Waals surface area (Å²) in [6, 6.07) is 1.90. The van der Waals surface area contributed by atoms with Gasteiger partial charge in [0.25, 0.3) is 0 Å². The van der Waals surface area contributed by atoms with E-state index in [0.29, 0.717) is 6.42 Å². The predicted molar refractivity (Wildman–Crippen MR) is 59.9 cm³/mol. The van der Waals surface area contributed by atoms with Crippen LogP contribution < -0.4 is 0 Å². The van der Waals surface area contributed by atoms with E-state index in [2.05, 4.69) is 10.5 Å². The molecule has 0 aliphatic heterocycles. The summed E-state index contributed by atoms with van der Waals surface area (Å²) in [4.78, 5) is 11.6. The summed E-state index contributed by atoms with van der Waals surface area (Å²) in [5.74, 6) is 3.01. The van der Waals surface area contributed by atoms with Crippen LogP contribution in [0.25, 0.3) is 0 Å². The molecule has 1 aliphatic rings. The van der Waals surface area contributed by atoms with E-state index in [1.807, 2.05) is 26.1 Å². The number of carbonyl (C=O) groups excluding carboxylic acids is 1. The van der Waals surface area contributed by atoms with Gasteiger partial charge in [-0.05, 0) is 32.8 Å². The summed E-state index contributed by atoms with van der Waals surface area (Å²) in [5.41, 5.74) is 1.63. The highest BCUT2D eigenvalue weighted by molar-refractivity contribution is 5.98. The summed E-state index contributed by atoms with van der Waals surface area (Å²) in [6.07, 6.45) is 10.0. The van der Waals surface area contributed by atoms with E-state index in [1.165, 1.54) is 0 Å². The second-order valence-electron chi connectivity index (χ2n) is 4.53. The molecule has 78 valence electrons. The molecule has 0 atom stereocenters. The van der Waals surface area contributed by atoms with E-state index in [1.54, 1.807) is 0 Å². The summed E-state index contributed by atoms with van der Waals surface area (Å²) < 4.78 is 2.05. The zero-order valence-corrected chi connectivity index (χ0v) is 9.21. The minimum atomic E-state index is -0.342. The van der Waals surface area contributed by atoms with Crippen LogP contribution in [0.4, 0.5) is 0 Å². The summed E-state index contributed by atoms with van der Waals surface area (Å²) in [7, 11) is 0. The van der Waals surface area contributed by atoms with Crippen molar-refractivity contribution in [2.75, 3.05) is 0 Å². The maximum absolute atomic E-state index is 11.6. The number of terminal acetylenes is 1. The van der Waals surface area contributed by atoms with Gasteiger partial charge in [-0.15, -0.1) is 6.42 Å². The van der Waals surface area contributed by atoms with Crippen molar-refractivity contribution in [2.24, 2.45) is 0 Å². The monoisotopic (exact) mass is 201 g/mol. The fraction of sp³-hybridized carbons (Fsp3) is 0.462. The van der Waals surface area contributed by atoms with Gasteiger partial charge in [0, 0.05) is 23.9 Å². The van der Waals surface area contributed by atoms with E-state index in [-0.39, 0.29) is 11.3 Å². The summed E-state index contributed by atoms with van der Waals surface area (Å²) >= 11 is 0. The molecule has 1 heterocycles. The fourth-order valence-electron chi connectivity index (χ4n) is 2.12. The Morgan fingerprint density at radius 3 is 2.87 bits per heavy atom. The fourth-order valence-corrected chi connectivity index (χ4v) is 2.12. The van der Waals surface area contributed by atoms with E-state index in [0.717, 1.165) is 24.1 Å². The average molecular weight is 201 g/mol. The molecule has 2 heteroatoms. The molecule has 0 saturated heterocycles. The van der Waals surface area contributed by atoms with Crippen LogP contribution in [-0.2, 0) is 12.0 Å². The smallest absolute Gasteiger partial charge is 0.164 e. The molecule has 1 aromatic rings. The number of carbonyl (C=O) groups is 1. The molecule has 2 rings (SSSR count). The highest BCUT2D eigenvalue weighted by Gasteiger charge is 2.26. The van der Waals surface area contributed by atoms with Crippen molar-refractivity contribution in [3.05, 3.63) is 23.5 Å². The van der Waals surface area contributed by atoms with E-state index in [9.17, 15) is 4.79 Å². The molecule has 0 amide bonds. The van der Waals surface area contributed by atoms with Crippen molar-refractivity contribution in [3.8, 4) is 12.3 Å². The molecule has 0 radical (unpaired) electrons. The van der Waals surface area contributed by atoms with Crippen molar-refractivity contribution in [1.82, 2.24) is 4.57 Å². The number of Topliss-reactive ketones (excluding diaryl/α,β-unsaturated/α-hetero) is 1. The van der Waals surface area contributed by atoms with Crippen molar-refractivity contribution in [2.45, 2.75) is 38.6 Å². The first kappa shape index (κ1) is 10.0. The number of hydrogen-bond donors (Lipinski definition) is 0. The lowest BCUT2D eigenvalue weighted by molar-refractivity contribution is 0.0971. The average Bonchev–Trinajstić information content (AvgIpc) is 2.63. The van der Waals surface area contributed by atoms with Crippen molar-refractivity contribution in [3.63, 3.8) is 0 Å². The number of hydrogen-bond acceptors (Lipinski definition) is 1. The van der Waals surface area contributed by atoms with Crippen LogP contribution in [0.15, 0.2) is 12.3 Å². The number of fused-ring (bicyclic) bond motifs is 1. The highest BCUT2D eigenvalue weighted by atomic mass is 16.1. The van der Waals surface area contributed by atoms with Gasteiger partial charge in [0.15, 0.2) is 5.78 Å². The van der Waals surface area contributed by atoms with Crippen LogP contribution >= 0.6 is 0 Å². The van der Waals surface area contributed by atoms with E-state index >= 15 is 0 Å². The van der Waals surface area contributed by atoms with Gasteiger partial charge in [-0.1, -0.05) is 5.92 Å². The standard InChI is InChI=1S/C13H15NO/c1-4-13(2,3)14-9-8-10-11(14)6-5-7-12(10)15/h1,8-9H,5-7H2,2-3H3. The van der Waals surface area contributed by atoms with Crippen molar-refractivity contribution >= 4 is 5.78 Å². The van der Waals surface area contributed by atoms with Crippen molar-refractivity contribution in [1.29, 1.82) is 0 Å². The Bertz CT molecular complexity index is 446. The van der Waals surface area contributed by atoms with Gasteiger partial charge >= 0.3 is 0 Å². The van der Waals surface area contributed by atoms with Crippen LogP contribution in [0.3, 0.4) is 0 Å². The zero-order valence-electron chi connectivity index (χ0n) is 9.21. The zero-order chi connectivity index (χ0) is 11.1. The predicted octanol–water partition coefficient (Wildman–Crippen LogP) is 2.38. The quantitative estimate of drug-likeness (QED) is 0.639. The second kappa shape index (κ2) is 3.27. The lowest BCUT2D eigenvalue weighted by Gasteiger charge is -2.25. The van der Waals surface area contributed by atoms with Crippen LogP contribution in [0, 0.1) is 12.3 Å². The Balaban J connectivity index is 2.54. The Labute approximate surface area is 90.3 Å². The van der Waals surface area contributed by atoms with Gasteiger partial charge in [-0.2, -0.15) is 0 Å². The third kappa shape index (κ3) is 1.48. The molecule has 1 aromatic heterocycles. The first-order valence-electron chi connectivity index (χ1n) is 5.28. The SMILES string of the molecule is C#CC(C)(C)n1ccc2c1CCCC2=O. The molecule has 2 nitrogen and oxygen atoms in total. The first-order valence-corrected chi connectivity index (χ1v) is 5.28.